The van der Waals surface area contributed by atoms with Crippen molar-refractivity contribution in [3.8, 4) is 17.1 Å². The van der Waals surface area contributed by atoms with Gasteiger partial charge in [-0.3, -0.25) is 4.99 Å². The minimum Gasteiger partial charge on any atom is -0.497 e. The first kappa shape index (κ1) is 11.3. The first-order valence-electron chi connectivity index (χ1n) is 6.57. The average Bonchev–Trinajstić information content (AvgIpc) is 3.12. The van der Waals surface area contributed by atoms with Crippen LogP contribution in [0.3, 0.4) is 0 Å². The third-order valence-corrected chi connectivity index (χ3v) is 3.63. The standard InChI is InChI=1S/C17H13NO2/c1-19-12-5-6-16-11(9-12)10-17(20-16)14-3-2-4-15-13(14)7-8-18-15/h2-7,9-10H,8H2,1H3. The molecule has 1 aliphatic rings. The number of benzene rings is 2. The molecule has 0 saturated carbocycles. The summed E-state index contributed by atoms with van der Waals surface area (Å²) < 4.78 is 11.2. The Morgan fingerprint density at radius 3 is 3.00 bits per heavy atom. The molecule has 0 bridgehead atoms. The molecule has 2 heterocycles. The maximum absolute atomic E-state index is 5.96. The van der Waals surface area contributed by atoms with Crippen molar-refractivity contribution in [1.29, 1.82) is 0 Å². The molecule has 0 atom stereocenters. The van der Waals surface area contributed by atoms with Crippen LogP contribution in [0.2, 0.25) is 0 Å². The van der Waals surface area contributed by atoms with Crippen LogP contribution >= 0.6 is 0 Å². The van der Waals surface area contributed by atoms with Crippen molar-refractivity contribution in [1.82, 2.24) is 0 Å². The van der Waals surface area contributed by atoms with Crippen molar-refractivity contribution in [2.45, 2.75) is 0 Å². The number of furan rings is 1. The van der Waals surface area contributed by atoms with Gasteiger partial charge >= 0.3 is 0 Å². The Labute approximate surface area is 115 Å². The van der Waals surface area contributed by atoms with E-state index in [2.05, 4.69) is 23.2 Å². The summed E-state index contributed by atoms with van der Waals surface area (Å²) in [5.41, 5.74) is 1.97. The normalized spacial score (nSPS) is 12.8. The molecule has 0 aliphatic carbocycles. The first-order valence-corrected chi connectivity index (χ1v) is 6.57. The SMILES string of the molecule is COc1ccc2oc(-c3cccc4c3=CCN=4)cc2c1. The third kappa shape index (κ3) is 1.63. The molecule has 0 amide bonds. The molecule has 0 unspecified atom stereocenters. The van der Waals surface area contributed by atoms with E-state index in [1.54, 1.807) is 7.11 Å². The van der Waals surface area contributed by atoms with Crippen LogP contribution in [0, 0.1) is 0 Å². The maximum Gasteiger partial charge on any atom is 0.136 e. The van der Waals surface area contributed by atoms with E-state index in [4.69, 9.17) is 9.15 Å². The Balaban J connectivity index is 1.96. The largest absolute Gasteiger partial charge is 0.497 e. The van der Waals surface area contributed by atoms with Gasteiger partial charge in [0.1, 0.15) is 17.1 Å². The highest BCUT2D eigenvalue weighted by atomic mass is 16.5. The molecular weight excluding hydrogens is 250 g/mol. The van der Waals surface area contributed by atoms with E-state index < -0.39 is 0 Å². The van der Waals surface area contributed by atoms with Gasteiger partial charge in [-0.2, -0.15) is 0 Å². The van der Waals surface area contributed by atoms with Gasteiger partial charge in [0.25, 0.3) is 0 Å². The minimum absolute atomic E-state index is 0.750. The van der Waals surface area contributed by atoms with Crippen LogP contribution in [0.5, 0.6) is 5.75 Å². The van der Waals surface area contributed by atoms with E-state index in [1.165, 1.54) is 5.22 Å². The van der Waals surface area contributed by atoms with Crippen molar-refractivity contribution in [3.63, 3.8) is 0 Å². The van der Waals surface area contributed by atoms with Crippen LogP contribution in [0.4, 0.5) is 0 Å². The third-order valence-electron chi connectivity index (χ3n) is 3.63. The lowest BCUT2D eigenvalue weighted by Gasteiger charge is -1.97. The smallest absolute Gasteiger partial charge is 0.136 e. The Hall–Kier alpha value is -2.55. The summed E-state index contributed by atoms with van der Waals surface area (Å²) in [6, 6.07) is 14.0. The molecule has 0 spiro atoms. The Bertz CT molecular complexity index is 922. The second-order valence-corrected chi connectivity index (χ2v) is 4.80. The zero-order chi connectivity index (χ0) is 13.5. The number of nitrogens with zero attached hydrogens (tertiary/aromatic N) is 1. The van der Waals surface area contributed by atoms with Crippen molar-refractivity contribution in [3.05, 3.63) is 53.0 Å². The Kier molecular flexibility index (Phi) is 2.39. The number of ether oxygens (including phenoxy) is 1. The topological polar surface area (TPSA) is 34.7 Å². The van der Waals surface area contributed by atoms with Crippen LogP contribution in [0.15, 0.2) is 51.9 Å². The summed E-state index contributed by atoms with van der Waals surface area (Å²) in [6.07, 6.45) is 2.14. The van der Waals surface area contributed by atoms with E-state index in [1.807, 2.05) is 30.3 Å². The monoisotopic (exact) mass is 263 g/mol. The molecule has 20 heavy (non-hydrogen) atoms. The van der Waals surface area contributed by atoms with Gasteiger partial charge in [-0.1, -0.05) is 18.2 Å². The van der Waals surface area contributed by atoms with Gasteiger partial charge in [-0.05, 0) is 30.3 Å². The van der Waals surface area contributed by atoms with Crippen LogP contribution < -0.4 is 15.3 Å². The van der Waals surface area contributed by atoms with Crippen LogP contribution in [-0.4, -0.2) is 13.7 Å². The molecule has 1 aliphatic heterocycles. The van der Waals surface area contributed by atoms with E-state index in [-0.39, 0.29) is 0 Å². The fourth-order valence-corrected chi connectivity index (χ4v) is 2.64. The number of hydrogen-bond donors (Lipinski definition) is 0. The van der Waals surface area contributed by atoms with Gasteiger partial charge in [0, 0.05) is 16.2 Å². The predicted octanol–water partition coefficient (Wildman–Crippen LogP) is 2.52. The van der Waals surface area contributed by atoms with Crippen molar-refractivity contribution in [2.75, 3.05) is 13.7 Å². The fraction of sp³-hybridized carbons (Fsp3) is 0.118. The highest BCUT2D eigenvalue weighted by Gasteiger charge is 2.10. The van der Waals surface area contributed by atoms with Crippen molar-refractivity contribution < 1.29 is 9.15 Å². The molecule has 0 fully saturated rings. The fourth-order valence-electron chi connectivity index (χ4n) is 2.64. The summed E-state index contributed by atoms with van der Waals surface area (Å²) in [5.74, 6) is 1.71. The van der Waals surface area contributed by atoms with Crippen molar-refractivity contribution >= 4 is 17.0 Å². The quantitative estimate of drug-likeness (QED) is 0.712. The van der Waals surface area contributed by atoms with Gasteiger partial charge in [0.15, 0.2) is 0 Å². The Morgan fingerprint density at radius 2 is 2.10 bits per heavy atom. The van der Waals surface area contributed by atoms with Crippen molar-refractivity contribution in [2.24, 2.45) is 4.99 Å². The van der Waals surface area contributed by atoms with Gasteiger partial charge in [-0.15, -0.1) is 0 Å². The molecule has 3 nitrogen and oxygen atoms in total. The van der Waals surface area contributed by atoms with Gasteiger partial charge < -0.3 is 9.15 Å². The summed E-state index contributed by atoms with van der Waals surface area (Å²) in [4.78, 5) is 4.45. The summed E-state index contributed by atoms with van der Waals surface area (Å²) in [6.45, 7) is 0.750. The van der Waals surface area contributed by atoms with Gasteiger partial charge in [-0.25, -0.2) is 0 Å². The molecule has 0 radical (unpaired) electrons. The first-order chi connectivity index (χ1) is 9.85. The minimum atomic E-state index is 0.750. The van der Waals surface area contributed by atoms with E-state index in [0.29, 0.717) is 0 Å². The average molecular weight is 263 g/mol. The van der Waals surface area contributed by atoms with E-state index in [0.717, 1.165) is 39.9 Å². The molecule has 0 saturated heterocycles. The van der Waals surface area contributed by atoms with Crippen LogP contribution in [-0.2, 0) is 0 Å². The van der Waals surface area contributed by atoms with Crippen LogP contribution in [0.25, 0.3) is 28.4 Å². The summed E-state index contributed by atoms with van der Waals surface area (Å²) in [5, 5.41) is 3.26. The molecule has 2 aromatic carbocycles. The van der Waals surface area contributed by atoms with E-state index >= 15 is 0 Å². The zero-order valence-corrected chi connectivity index (χ0v) is 11.1. The highest BCUT2D eigenvalue weighted by molar-refractivity contribution is 5.84. The maximum atomic E-state index is 5.96. The molecule has 3 aromatic rings. The molecule has 4 rings (SSSR count). The predicted molar refractivity (Wildman–Crippen MR) is 78.3 cm³/mol. The lowest BCUT2D eigenvalue weighted by molar-refractivity contribution is 0.415. The molecular formula is C17H13NO2. The molecule has 98 valence electrons. The van der Waals surface area contributed by atoms with E-state index in [9.17, 15) is 0 Å². The summed E-state index contributed by atoms with van der Waals surface area (Å²) >= 11 is 0. The number of methoxy groups -OCH3 is 1. The molecule has 1 aromatic heterocycles. The van der Waals surface area contributed by atoms with Gasteiger partial charge in [0.2, 0.25) is 0 Å². The summed E-state index contributed by atoms with van der Waals surface area (Å²) in [7, 11) is 1.67. The molecule has 0 N–H and O–H groups in total. The zero-order valence-electron chi connectivity index (χ0n) is 11.1. The lowest BCUT2D eigenvalue weighted by Crippen LogP contribution is -2.22. The second-order valence-electron chi connectivity index (χ2n) is 4.80. The lowest BCUT2D eigenvalue weighted by atomic mass is 10.1. The van der Waals surface area contributed by atoms with Crippen LogP contribution in [0.1, 0.15) is 0 Å². The van der Waals surface area contributed by atoms with Gasteiger partial charge in [0.05, 0.1) is 19.0 Å². The highest BCUT2D eigenvalue weighted by Crippen LogP contribution is 2.28. The number of hydrogen-bond acceptors (Lipinski definition) is 3. The molecule has 3 heteroatoms. The number of rotatable bonds is 2. The number of fused-ring (bicyclic) bond motifs is 2. The second kappa shape index (κ2) is 4.23. The Morgan fingerprint density at radius 1 is 1.15 bits per heavy atom.